The number of amides is 1. The molecule has 0 bridgehead atoms. The average Bonchev–Trinajstić information content (AvgIpc) is 2.70. The van der Waals surface area contributed by atoms with Crippen molar-refractivity contribution in [1.82, 2.24) is 5.32 Å². The van der Waals surface area contributed by atoms with E-state index in [0.717, 1.165) is 15.6 Å². The number of halogens is 1. The standard InChI is InChI=1S/C21H22BrNO5/c1-14(16-6-8-17(22)9-7-16)23-20(24)13-28-21(25)11-5-15-4-10-18(26-2)19(12-15)27-3/h4-12,14H,13H2,1-3H3,(H,23,24)/b11-5+. The van der Waals surface area contributed by atoms with E-state index in [1.165, 1.54) is 13.2 Å². The molecule has 0 aromatic heterocycles. The highest BCUT2D eigenvalue weighted by atomic mass is 79.9. The van der Waals surface area contributed by atoms with Gasteiger partial charge in [-0.25, -0.2) is 4.79 Å². The summed E-state index contributed by atoms with van der Waals surface area (Å²) in [7, 11) is 3.08. The molecule has 7 heteroatoms. The minimum Gasteiger partial charge on any atom is -0.493 e. The third kappa shape index (κ3) is 6.42. The van der Waals surface area contributed by atoms with Gasteiger partial charge in [-0.05, 0) is 48.4 Å². The number of carbonyl (C=O) groups excluding carboxylic acids is 2. The molecule has 0 fully saturated rings. The van der Waals surface area contributed by atoms with Crippen LogP contribution in [0.1, 0.15) is 24.1 Å². The van der Waals surface area contributed by atoms with E-state index in [1.54, 1.807) is 31.4 Å². The summed E-state index contributed by atoms with van der Waals surface area (Å²) in [5, 5.41) is 2.79. The zero-order valence-electron chi connectivity index (χ0n) is 15.9. The van der Waals surface area contributed by atoms with Crippen LogP contribution in [-0.4, -0.2) is 32.7 Å². The normalized spacial score (nSPS) is 11.7. The predicted octanol–water partition coefficient (Wildman–Crippen LogP) is 3.90. The van der Waals surface area contributed by atoms with Crippen LogP contribution < -0.4 is 14.8 Å². The molecule has 0 radical (unpaired) electrons. The van der Waals surface area contributed by atoms with E-state index in [-0.39, 0.29) is 18.6 Å². The lowest BCUT2D eigenvalue weighted by atomic mass is 10.1. The minimum absolute atomic E-state index is 0.193. The first-order chi connectivity index (χ1) is 13.4. The maximum Gasteiger partial charge on any atom is 0.331 e. The molecular weight excluding hydrogens is 426 g/mol. The number of benzene rings is 2. The van der Waals surface area contributed by atoms with E-state index in [0.29, 0.717) is 11.5 Å². The summed E-state index contributed by atoms with van der Waals surface area (Å²) in [6.07, 6.45) is 2.83. The van der Waals surface area contributed by atoms with Gasteiger partial charge in [-0.2, -0.15) is 0 Å². The van der Waals surface area contributed by atoms with E-state index >= 15 is 0 Å². The van der Waals surface area contributed by atoms with Gasteiger partial charge in [0.15, 0.2) is 18.1 Å². The van der Waals surface area contributed by atoms with Crippen molar-refractivity contribution in [3.63, 3.8) is 0 Å². The number of esters is 1. The van der Waals surface area contributed by atoms with Crippen molar-refractivity contribution in [3.8, 4) is 11.5 Å². The summed E-state index contributed by atoms with van der Waals surface area (Å²) in [6, 6.07) is 12.7. The second-order valence-corrected chi connectivity index (χ2v) is 6.81. The number of methoxy groups -OCH3 is 2. The number of ether oxygens (including phenoxy) is 3. The Morgan fingerprint density at radius 3 is 2.39 bits per heavy atom. The largest absolute Gasteiger partial charge is 0.493 e. The number of nitrogens with one attached hydrogen (secondary N) is 1. The van der Waals surface area contributed by atoms with Gasteiger partial charge in [-0.15, -0.1) is 0 Å². The van der Waals surface area contributed by atoms with Crippen LogP contribution in [0.2, 0.25) is 0 Å². The Balaban J connectivity index is 1.83. The van der Waals surface area contributed by atoms with Crippen LogP contribution >= 0.6 is 15.9 Å². The summed E-state index contributed by atoms with van der Waals surface area (Å²) >= 11 is 3.37. The molecule has 6 nitrogen and oxygen atoms in total. The van der Waals surface area contributed by atoms with E-state index in [1.807, 2.05) is 31.2 Å². The van der Waals surface area contributed by atoms with E-state index in [9.17, 15) is 9.59 Å². The van der Waals surface area contributed by atoms with Gasteiger partial charge in [-0.3, -0.25) is 4.79 Å². The lowest BCUT2D eigenvalue weighted by Crippen LogP contribution is -2.30. The summed E-state index contributed by atoms with van der Waals surface area (Å²) in [4.78, 5) is 23.8. The molecule has 0 aliphatic heterocycles. The van der Waals surface area contributed by atoms with E-state index < -0.39 is 5.97 Å². The first kappa shape index (κ1) is 21.5. The summed E-state index contributed by atoms with van der Waals surface area (Å²) in [5.74, 6) is 0.169. The molecule has 2 aromatic carbocycles. The molecule has 0 aliphatic carbocycles. The van der Waals surface area contributed by atoms with Crippen LogP contribution in [0.5, 0.6) is 11.5 Å². The number of hydrogen-bond acceptors (Lipinski definition) is 5. The molecule has 1 unspecified atom stereocenters. The van der Waals surface area contributed by atoms with Gasteiger partial charge in [-0.1, -0.05) is 34.1 Å². The van der Waals surface area contributed by atoms with Crippen molar-refractivity contribution < 1.29 is 23.8 Å². The van der Waals surface area contributed by atoms with Crippen LogP contribution in [0.3, 0.4) is 0 Å². The Kier molecular flexibility index (Phi) is 8.07. The monoisotopic (exact) mass is 447 g/mol. The van der Waals surface area contributed by atoms with Crippen LogP contribution in [0.25, 0.3) is 6.08 Å². The predicted molar refractivity (Wildman–Crippen MR) is 110 cm³/mol. The molecule has 2 aromatic rings. The fourth-order valence-electron chi connectivity index (χ4n) is 2.42. The van der Waals surface area contributed by atoms with Crippen LogP contribution in [0.4, 0.5) is 0 Å². The molecule has 2 rings (SSSR count). The molecule has 1 amide bonds. The number of carbonyl (C=O) groups is 2. The van der Waals surface area contributed by atoms with E-state index in [2.05, 4.69) is 21.2 Å². The Labute approximate surface area is 172 Å². The van der Waals surface area contributed by atoms with Crippen molar-refractivity contribution >= 4 is 33.9 Å². The fraction of sp³-hybridized carbons (Fsp3) is 0.238. The zero-order chi connectivity index (χ0) is 20.5. The second kappa shape index (κ2) is 10.5. The fourth-order valence-corrected chi connectivity index (χ4v) is 2.69. The van der Waals surface area contributed by atoms with Gasteiger partial charge in [0.05, 0.1) is 20.3 Å². The van der Waals surface area contributed by atoms with E-state index in [4.69, 9.17) is 14.2 Å². The minimum atomic E-state index is -0.610. The van der Waals surface area contributed by atoms with Gasteiger partial charge in [0.25, 0.3) is 5.91 Å². The molecule has 1 atom stereocenters. The van der Waals surface area contributed by atoms with Crippen molar-refractivity contribution in [2.24, 2.45) is 0 Å². The molecule has 28 heavy (non-hydrogen) atoms. The Morgan fingerprint density at radius 1 is 1.07 bits per heavy atom. The highest BCUT2D eigenvalue weighted by Gasteiger charge is 2.11. The number of rotatable bonds is 8. The molecule has 0 aliphatic rings. The third-order valence-electron chi connectivity index (χ3n) is 3.91. The van der Waals surface area contributed by atoms with Gasteiger partial charge in [0.2, 0.25) is 0 Å². The third-order valence-corrected chi connectivity index (χ3v) is 4.44. The maximum absolute atomic E-state index is 12.0. The topological polar surface area (TPSA) is 73.9 Å². The van der Waals surface area contributed by atoms with Gasteiger partial charge >= 0.3 is 5.97 Å². The Hall–Kier alpha value is -2.80. The van der Waals surface area contributed by atoms with Crippen molar-refractivity contribution in [1.29, 1.82) is 0 Å². The van der Waals surface area contributed by atoms with Crippen molar-refractivity contribution in [2.75, 3.05) is 20.8 Å². The quantitative estimate of drug-likeness (QED) is 0.490. The Bertz CT molecular complexity index is 848. The molecule has 0 saturated heterocycles. The molecule has 0 spiro atoms. The molecule has 0 saturated carbocycles. The SMILES string of the molecule is COc1ccc(/C=C/C(=O)OCC(=O)NC(C)c2ccc(Br)cc2)cc1OC. The van der Waals surface area contributed by atoms with Crippen molar-refractivity contribution in [2.45, 2.75) is 13.0 Å². The highest BCUT2D eigenvalue weighted by Crippen LogP contribution is 2.27. The molecule has 0 heterocycles. The maximum atomic E-state index is 12.0. The van der Waals surface area contributed by atoms with Crippen LogP contribution in [0, 0.1) is 0 Å². The summed E-state index contributed by atoms with van der Waals surface area (Å²) in [6.45, 7) is 1.51. The summed E-state index contributed by atoms with van der Waals surface area (Å²) < 4.78 is 16.3. The second-order valence-electron chi connectivity index (χ2n) is 5.90. The number of hydrogen-bond donors (Lipinski definition) is 1. The van der Waals surface area contributed by atoms with Crippen LogP contribution in [-0.2, 0) is 14.3 Å². The lowest BCUT2D eigenvalue weighted by Gasteiger charge is -2.14. The van der Waals surface area contributed by atoms with Gasteiger partial charge in [0.1, 0.15) is 0 Å². The summed E-state index contributed by atoms with van der Waals surface area (Å²) in [5.41, 5.74) is 1.69. The highest BCUT2D eigenvalue weighted by molar-refractivity contribution is 9.10. The first-order valence-electron chi connectivity index (χ1n) is 8.54. The molecule has 1 N–H and O–H groups in total. The Morgan fingerprint density at radius 2 is 1.75 bits per heavy atom. The van der Waals surface area contributed by atoms with Gasteiger partial charge in [0, 0.05) is 10.5 Å². The molecule has 148 valence electrons. The van der Waals surface area contributed by atoms with Gasteiger partial charge < -0.3 is 19.5 Å². The lowest BCUT2D eigenvalue weighted by molar-refractivity contribution is -0.144. The smallest absolute Gasteiger partial charge is 0.331 e. The van der Waals surface area contributed by atoms with Crippen LogP contribution in [0.15, 0.2) is 53.0 Å². The average molecular weight is 448 g/mol. The molecular formula is C21H22BrNO5. The van der Waals surface area contributed by atoms with Crippen molar-refractivity contribution in [3.05, 3.63) is 64.1 Å². The zero-order valence-corrected chi connectivity index (χ0v) is 17.5. The first-order valence-corrected chi connectivity index (χ1v) is 9.34.